The van der Waals surface area contributed by atoms with Crippen LogP contribution in [-0.2, 0) is 0 Å². The van der Waals surface area contributed by atoms with Crippen LogP contribution < -0.4 is 10.6 Å². The van der Waals surface area contributed by atoms with E-state index in [9.17, 15) is 0 Å². The van der Waals surface area contributed by atoms with Crippen LogP contribution in [-0.4, -0.2) is 32.7 Å². The quantitative estimate of drug-likeness (QED) is 0.185. The van der Waals surface area contributed by atoms with Gasteiger partial charge in [-0.15, -0.1) is 0 Å². The first-order chi connectivity index (χ1) is 17.5. The van der Waals surface area contributed by atoms with Crippen molar-refractivity contribution in [1.29, 1.82) is 0 Å². The molecular formula is C29H30BrN5S. The molecule has 2 aromatic carbocycles. The van der Waals surface area contributed by atoms with E-state index in [4.69, 9.17) is 17.2 Å². The first-order valence-electron chi connectivity index (χ1n) is 12.2. The third kappa shape index (κ3) is 5.04. The maximum atomic E-state index is 5.88. The fourth-order valence-electron chi connectivity index (χ4n) is 5.10. The molecule has 1 aliphatic rings. The minimum Gasteiger partial charge on any atom is -0.385 e. The Hall–Kier alpha value is -3.16. The van der Waals surface area contributed by atoms with Crippen LogP contribution in [0.25, 0.3) is 5.69 Å². The summed E-state index contributed by atoms with van der Waals surface area (Å²) in [6.45, 7) is 6.10. The average molecular weight is 561 g/mol. The molecule has 184 valence electrons. The molecule has 0 saturated carbocycles. The second-order valence-corrected chi connectivity index (χ2v) is 10.4. The van der Waals surface area contributed by atoms with Crippen LogP contribution in [0, 0.1) is 13.8 Å². The molecule has 1 saturated heterocycles. The van der Waals surface area contributed by atoms with Crippen molar-refractivity contribution in [3.05, 3.63) is 112 Å². The zero-order chi connectivity index (χ0) is 25.1. The summed E-state index contributed by atoms with van der Waals surface area (Å²) in [6.07, 6.45) is 2.82. The van der Waals surface area contributed by atoms with Gasteiger partial charge >= 0.3 is 0 Å². The molecule has 0 aliphatic carbocycles. The zero-order valence-corrected chi connectivity index (χ0v) is 22.9. The monoisotopic (exact) mass is 559 g/mol. The first kappa shape index (κ1) is 24.5. The highest BCUT2D eigenvalue weighted by Crippen LogP contribution is 2.41. The number of para-hydroxylation sites is 1. The summed E-state index contributed by atoms with van der Waals surface area (Å²) in [5.74, 6) is 0. The molecule has 0 radical (unpaired) electrons. The van der Waals surface area contributed by atoms with Crippen LogP contribution in [0.15, 0.2) is 89.5 Å². The second kappa shape index (κ2) is 10.8. The number of hydrogen-bond acceptors (Lipinski definition) is 3. The van der Waals surface area contributed by atoms with E-state index in [1.165, 1.54) is 17.0 Å². The number of thiocarbonyl (C=S) groups is 1. The lowest BCUT2D eigenvalue weighted by Gasteiger charge is -2.28. The predicted molar refractivity (Wildman–Crippen MR) is 155 cm³/mol. The summed E-state index contributed by atoms with van der Waals surface area (Å²) in [6, 6.07) is 27.2. The van der Waals surface area contributed by atoms with Crippen molar-refractivity contribution in [3.8, 4) is 5.69 Å². The van der Waals surface area contributed by atoms with Gasteiger partial charge in [-0.05, 0) is 92.6 Å². The molecule has 0 bridgehead atoms. The van der Waals surface area contributed by atoms with Gasteiger partial charge in [-0.3, -0.25) is 4.98 Å². The third-order valence-corrected chi connectivity index (χ3v) is 7.63. The number of hydrogen-bond donors (Lipinski definition) is 2. The molecular weight excluding hydrogens is 530 g/mol. The van der Waals surface area contributed by atoms with Crippen molar-refractivity contribution in [3.63, 3.8) is 0 Å². The molecule has 36 heavy (non-hydrogen) atoms. The molecule has 7 heteroatoms. The maximum absolute atomic E-state index is 5.88. The fraction of sp³-hybridized carbons (Fsp3) is 0.241. The van der Waals surface area contributed by atoms with Gasteiger partial charge in [0.1, 0.15) is 0 Å². The number of rotatable bonds is 8. The van der Waals surface area contributed by atoms with Gasteiger partial charge in [-0.25, -0.2) is 0 Å². The van der Waals surface area contributed by atoms with Gasteiger partial charge in [0, 0.05) is 46.5 Å². The number of aryl methyl sites for hydroxylation is 1. The Labute approximate surface area is 226 Å². The van der Waals surface area contributed by atoms with E-state index in [1.54, 1.807) is 0 Å². The van der Waals surface area contributed by atoms with Crippen LogP contribution in [0.2, 0.25) is 0 Å². The molecule has 5 rings (SSSR count). The predicted octanol–water partition coefficient (Wildman–Crippen LogP) is 6.73. The van der Waals surface area contributed by atoms with Gasteiger partial charge in [0.2, 0.25) is 0 Å². The molecule has 2 N–H and O–H groups in total. The van der Waals surface area contributed by atoms with Crippen LogP contribution in [0.3, 0.4) is 0 Å². The minimum absolute atomic E-state index is 0.0142. The number of nitrogens with zero attached hydrogens (tertiary/aromatic N) is 3. The van der Waals surface area contributed by atoms with Crippen molar-refractivity contribution in [2.75, 3.05) is 18.4 Å². The van der Waals surface area contributed by atoms with E-state index in [-0.39, 0.29) is 12.1 Å². The van der Waals surface area contributed by atoms with Crippen molar-refractivity contribution >= 4 is 38.9 Å². The van der Waals surface area contributed by atoms with E-state index in [0.29, 0.717) is 0 Å². The molecule has 0 unspecified atom stereocenters. The number of halogens is 1. The van der Waals surface area contributed by atoms with Gasteiger partial charge < -0.3 is 20.1 Å². The minimum atomic E-state index is -0.0142. The van der Waals surface area contributed by atoms with Crippen molar-refractivity contribution in [2.24, 2.45) is 0 Å². The Balaban J connectivity index is 1.45. The normalized spacial score (nSPS) is 17.3. The van der Waals surface area contributed by atoms with Crippen molar-refractivity contribution < 1.29 is 0 Å². The highest BCUT2D eigenvalue weighted by molar-refractivity contribution is 9.10. The summed E-state index contributed by atoms with van der Waals surface area (Å²) in [7, 11) is 0. The lowest BCUT2D eigenvalue weighted by molar-refractivity contribution is 0.315. The molecule has 0 spiro atoms. The number of nitrogens with one attached hydrogen (secondary N) is 2. The Kier molecular flexibility index (Phi) is 7.39. The molecule has 5 nitrogen and oxygen atoms in total. The molecule has 4 aromatic rings. The highest BCUT2D eigenvalue weighted by Gasteiger charge is 2.41. The molecule has 1 fully saturated rings. The molecule has 0 amide bonds. The lowest BCUT2D eigenvalue weighted by atomic mass is 9.96. The Morgan fingerprint density at radius 3 is 2.47 bits per heavy atom. The number of benzene rings is 2. The Bertz CT molecular complexity index is 1320. The summed E-state index contributed by atoms with van der Waals surface area (Å²) in [5.41, 5.74) is 6.99. The topological polar surface area (TPSA) is 45.1 Å². The summed E-state index contributed by atoms with van der Waals surface area (Å²) >= 11 is 9.44. The van der Waals surface area contributed by atoms with Gasteiger partial charge in [-0.1, -0.05) is 40.2 Å². The smallest absolute Gasteiger partial charge is 0.170 e. The van der Waals surface area contributed by atoms with E-state index in [2.05, 4.69) is 111 Å². The van der Waals surface area contributed by atoms with Crippen LogP contribution >= 0.6 is 28.1 Å². The van der Waals surface area contributed by atoms with E-state index < -0.39 is 0 Å². The number of pyridine rings is 1. The lowest BCUT2D eigenvalue weighted by Crippen LogP contribution is -2.31. The van der Waals surface area contributed by atoms with Gasteiger partial charge in [0.05, 0.1) is 17.8 Å². The summed E-state index contributed by atoms with van der Waals surface area (Å²) in [5, 5.41) is 7.89. The van der Waals surface area contributed by atoms with Crippen LogP contribution in [0.4, 0.5) is 5.69 Å². The summed E-state index contributed by atoms with van der Waals surface area (Å²) < 4.78 is 3.40. The van der Waals surface area contributed by atoms with E-state index >= 15 is 0 Å². The van der Waals surface area contributed by atoms with Crippen LogP contribution in [0.5, 0.6) is 0 Å². The maximum Gasteiger partial charge on any atom is 0.170 e. The van der Waals surface area contributed by atoms with E-state index in [0.717, 1.165) is 46.2 Å². The standard InChI is InChI=1S/C29H30BrN5S/c1-20-19-25(21(2)35(20)24-14-12-22(30)13-15-24)28-27(26-11-6-7-16-32-26)33-29(36)34(28)18-8-17-31-23-9-4-3-5-10-23/h3-7,9-16,19,27-28,31H,8,17-18H2,1-2H3,(H,33,36)/t27-,28+/m0/s1. The summed E-state index contributed by atoms with van der Waals surface area (Å²) in [4.78, 5) is 7.04. The van der Waals surface area contributed by atoms with E-state index in [1.807, 2.05) is 24.4 Å². The fourth-order valence-corrected chi connectivity index (χ4v) is 5.69. The van der Waals surface area contributed by atoms with Crippen LogP contribution in [0.1, 0.15) is 41.1 Å². The van der Waals surface area contributed by atoms with Crippen molar-refractivity contribution in [1.82, 2.24) is 19.8 Å². The third-order valence-electron chi connectivity index (χ3n) is 6.75. The molecule has 1 aliphatic heterocycles. The number of anilines is 1. The largest absolute Gasteiger partial charge is 0.385 e. The zero-order valence-electron chi connectivity index (χ0n) is 20.5. The molecule has 2 aromatic heterocycles. The molecule has 2 atom stereocenters. The molecule has 3 heterocycles. The van der Waals surface area contributed by atoms with Gasteiger partial charge in [0.15, 0.2) is 5.11 Å². The van der Waals surface area contributed by atoms with Gasteiger partial charge in [-0.2, -0.15) is 0 Å². The number of aromatic nitrogens is 2. The van der Waals surface area contributed by atoms with Gasteiger partial charge in [0.25, 0.3) is 0 Å². The second-order valence-electron chi connectivity index (χ2n) is 9.10. The Morgan fingerprint density at radius 2 is 1.75 bits per heavy atom. The average Bonchev–Trinajstić information content (AvgIpc) is 3.38. The van der Waals surface area contributed by atoms with Crippen molar-refractivity contribution in [2.45, 2.75) is 32.4 Å². The SMILES string of the molecule is Cc1cc([C@@H]2[C@H](c3ccccn3)NC(=S)N2CCCNc2ccccc2)c(C)n1-c1ccc(Br)cc1. The highest BCUT2D eigenvalue weighted by atomic mass is 79.9. The Morgan fingerprint density at radius 1 is 1.00 bits per heavy atom. The first-order valence-corrected chi connectivity index (χ1v) is 13.4.